The molecular formula is C19H17N5O. The second-order valence-electron chi connectivity index (χ2n) is 5.61. The van der Waals surface area contributed by atoms with E-state index >= 15 is 0 Å². The summed E-state index contributed by atoms with van der Waals surface area (Å²) in [5, 5.41) is 8.69. The molecule has 0 bridgehead atoms. The van der Waals surface area contributed by atoms with Crippen LogP contribution in [0.3, 0.4) is 0 Å². The van der Waals surface area contributed by atoms with E-state index in [2.05, 4.69) is 20.4 Å². The van der Waals surface area contributed by atoms with Crippen molar-refractivity contribution in [3.8, 4) is 11.4 Å². The van der Waals surface area contributed by atoms with Gasteiger partial charge in [-0.25, -0.2) is 14.6 Å². The molecule has 6 nitrogen and oxygen atoms in total. The maximum Gasteiger partial charge on any atom is 0.168 e. The molecule has 0 fully saturated rings. The van der Waals surface area contributed by atoms with Crippen LogP contribution >= 0.6 is 0 Å². The van der Waals surface area contributed by atoms with Crippen molar-refractivity contribution in [2.75, 3.05) is 12.4 Å². The first-order chi connectivity index (χ1) is 12.2. The predicted molar refractivity (Wildman–Crippen MR) is 97.7 cm³/mol. The third-order valence-electron chi connectivity index (χ3n) is 3.87. The smallest absolute Gasteiger partial charge is 0.168 e. The van der Waals surface area contributed by atoms with Gasteiger partial charge in [-0.15, -0.1) is 0 Å². The van der Waals surface area contributed by atoms with Crippen molar-refractivity contribution in [1.82, 2.24) is 19.7 Å². The summed E-state index contributed by atoms with van der Waals surface area (Å²) >= 11 is 0. The van der Waals surface area contributed by atoms with Crippen LogP contribution in [0, 0.1) is 6.92 Å². The third kappa shape index (κ3) is 2.89. The van der Waals surface area contributed by atoms with Gasteiger partial charge in [-0.2, -0.15) is 5.10 Å². The second kappa shape index (κ2) is 6.24. The lowest BCUT2D eigenvalue weighted by Gasteiger charge is -2.09. The van der Waals surface area contributed by atoms with Crippen LogP contribution in [0.25, 0.3) is 16.7 Å². The van der Waals surface area contributed by atoms with E-state index in [9.17, 15) is 0 Å². The number of nitrogens with one attached hydrogen (secondary N) is 1. The number of anilines is 2. The van der Waals surface area contributed by atoms with Gasteiger partial charge in [0.2, 0.25) is 0 Å². The molecule has 6 heteroatoms. The number of para-hydroxylation sites is 1. The molecule has 2 aromatic heterocycles. The Kier molecular flexibility index (Phi) is 3.78. The number of fused-ring (bicyclic) bond motifs is 1. The molecule has 0 aliphatic carbocycles. The molecule has 4 rings (SSSR count). The van der Waals surface area contributed by atoms with Gasteiger partial charge in [-0.1, -0.05) is 24.3 Å². The maximum atomic E-state index is 5.28. The molecule has 124 valence electrons. The summed E-state index contributed by atoms with van der Waals surface area (Å²) in [6.07, 6.45) is 1.78. The molecule has 2 heterocycles. The summed E-state index contributed by atoms with van der Waals surface area (Å²) in [5.74, 6) is 2.18. The van der Waals surface area contributed by atoms with Gasteiger partial charge in [0.05, 0.1) is 24.4 Å². The Labute approximate surface area is 145 Å². The summed E-state index contributed by atoms with van der Waals surface area (Å²) < 4.78 is 7.10. The number of aromatic nitrogens is 4. The fraction of sp³-hybridized carbons (Fsp3) is 0.105. The molecular weight excluding hydrogens is 314 g/mol. The van der Waals surface area contributed by atoms with E-state index in [-0.39, 0.29) is 0 Å². The summed E-state index contributed by atoms with van der Waals surface area (Å²) in [4.78, 5) is 9.12. The van der Waals surface area contributed by atoms with Crippen molar-refractivity contribution in [3.05, 3.63) is 66.6 Å². The number of rotatable bonds is 4. The standard InChI is InChI=1S/C19H17N5O/c1-13-21-18(23-14-7-6-10-16(11-14)25-2)17-12-20-24(19(17)22-13)15-8-4-3-5-9-15/h3-12H,1-2H3,(H,21,22,23). The van der Waals surface area contributed by atoms with Crippen molar-refractivity contribution < 1.29 is 4.74 Å². The molecule has 0 spiro atoms. The van der Waals surface area contributed by atoms with E-state index in [0.717, 1.165) is 34.0 Å². The Morgan fingerprint density at radius 3 is 2.64 bits per heavy atom. The quantitative estimate of drug-likeness (QED) is 0.615. The first kappa shape index (κ1) is 15.1. The van der Waals surface area contributed by atoms with Gasteiger partial charge in [0.15, 0.2) is 5.65 Å². The number of aryl methyl sites for hydroxylation is 1. The fourth-order valence-corrected chi connectivity index (χ4v) is 2.71. The van der Waals surface area contributed by atoms with Crippen LogP contribution < -0.4 is 10.1 Å². The molecule has 4 aromatic rings. The Morgan fingerprint density at radius 2 is 1.84 bits per heavy atom. The zero-order valence-corrected chi connectivity index (χ0v) is 14.0. The highest BCUT2D eigenvalue weighted by atomic mass is 16.5. The van der Waals surface area contributed by atoms with E-state index in [0.29, 0.717) is 5.82 Å². The average Bonchev–Trinajstić information content (AvgIpc) is 3.06. The van der Waals surface area contributed by atoms with E-state index < -0.39 is 0 Å². The van der Waals surface area contributed by atoms with E-state index in [4.69, 9.17) is 4.74 Å². The predicted octanol–water partition coefficient (Wildman–Crippen LogP) is 3.88. The van der Waals surface area contributed by atoms with Gasteiger partial charge >= 0.3 is 0 Å². The largest absolute Gasteiger partial charge is 0.497 e. The minimum atomic E-state index is 0.676. The molecule has 1 N–H and O–H groups in total. The van der Waals surface area contributed by atoms with Crippen LogP contribution in [0.4, 0.5) is 11.5 Å². The van der Waals surface area contributed by atoms with Gasteiger partial charge in [-0.3, -0.25) is 0 Å². The van der Waals surface area contributed by atoms with Crippen LogP contribution in [0.15, 0.2) is 60.8 Å². The van der Waals surface area contributed by atoms with Crippen LogP contribution in [0.2, 0.25) is 0 Å². The highest BCUT2D eigenvalue weighted by Crippen LogP contribution is 2.27. The molecule has 0 atom stereocenters. The lowest BCUT2D eigenvalue weighted by molar-refractivity contribution is 0.415. The molecule has 0 saturated heterocycles. The average molecular weight is 331 g/mol. The molecule has 0 aliphatic heterocycles. The van der Waals surface area contributed by atoms with Gasteiger partial charge in [0, 0.05) is 11.8 Å². The van der Waals surface area contributed by atoms with Crippen LogP contribution in [-0.2, 0) is 0 Å². The van der Waals surface area contributed by atoms with Crippen molar-refractivity contribution >= 4 is 22.5 Å². The number of ether oxygens (including phenoxy) is 1. The Bertz CT molecular complexity index is 1030. The minimum absolute atomic E-state index is 0.676. The Balaban J connectivity index is 1.81. The van der Waals surface area contributed by atoms with Crippen molar-refractivity contribution in [1.29, 1.82) is 0 Å². The normalized spacial score (nSPS) is 10.8. The number of methoxy groups -OCH3 is 1. The Morgan fingerprint density at radius 1 is 1.00 bits per heavy atom. The molecule has 0 saturated carbocycles. The molecule has 0 amide bonds. The van der Waals surface area contributed by atoms with Crippen molar-refractivity contribution in [2.45, 2.75) is 6.92 Å². The van der Waals surface area contributed by atoms with Gasteiger partial charge in [0.1, 0.15) is 17.4 Å². The summed E-state index contributed by atoms with van der Waals surface area (Å²) in [6.45, 7) is 1.87. The zero-order valence-electron chi connectivity index (χ0n) is 14.0. The topological polar surface area (TPSA) is 64.9 Å². The molecule has 0 aliphatic rings. The number of benzene rings is 2. The molecule has 2 aromatic carbocycles. The summed E-state index contributed by atoms with van der Waals surface area (Å²) in [7, 11) is 1.65. The number of nitrogens with zero attached hydrogens (tertiary/aromatic N) is 4. The molecule has 25 heavy (non-hydrogen) atoms. The minimum Gasteiger partial charge on any atom is -0.497 e. The van der Waals surface area contributed by atoms with Crippen LogP contribution in [-0.4, -0.2) is 26.9 Å². The van der Waals surface area contributed by atoms with Gasteiger partial charge in [-0.05, 0) is 31.2 Å². The zero-order chi connectivity index (χ0) is 17.2. The first-order valence-electron chi connectivity index (χ1n) is 7.93. The lowest BCUT2D eigenvalue weighted by Crippen LogP contribution is -2.02. The van der Waals surface area contributed by atoms with Gasteiger partial charge in [0.25, 0.3) is 0 Å². The monoisotopic (exact) mass is 331 g/mol. The SMILES string of the molecule is COc1cccc(Nc2nc(C)nc3c2cnn3-c2ccccc2)c1. The number of hydrogen-bond acceptors (Lipinski definition) is 5. The van der Waals surface area contributed by atoms with E-state index in [1.807, 2.05) is 66.2 Å². The number of hydrogen-bond donors (Lipinski definition) is 1. The second-order valence-corrected chi connectivity index (χ2v) is 5.61. The third-order valence-corrected chi connectivity index (χ3v) is 3.87. The van der Waals surface area contributed by atoms with Crippen LogP contribution in [0.1, 0.15) is 5.82 Å². The maximum absolute atomic E-state index is 5.28. The van der Waals surface area contributed by atoms with Gasteiger partial charge < -0.3 is 10.1 Å². The highest BCUT2D eigenvalue weighted by Gasteiger charge is 2.13. The lowest BCUT2D eigenvalue weighted by atomic mass is 10.3. The van der Waals surface area contributed by atoms with E-state index in [1.54, 1.807) is 13.3 Å². The Hall–Kier alpha value is -3.41. The first-order valence-corrected chi connectivity index (χ1v) is 7.93. The highest BCUT2D eigenvalue weighted by molar-refractivity contribution is 5.89. The van der Waals surface area contributed by atoms with Crippen LogP contribution in [0.5, 0.6) is 5.75 Å². The fourth-order valence-electron chi connectivity index (χ4n) is 2.71. The van der Waals surface area contributed by atoms with Crippen molar-refractivity contribution in [3.63, 3.8) is 0 Å². The molecule has 0 radical (unpaired) electrons. The summed E-state index contributed by atoms with van der Waals surface area (Å²) in [6, 6.07) is 17.7. The summed E-state index contributed by atoms with van der Waals surface area (Å²) in [5.41, 5.74) is 2.62. The molecule has 0 unspecified atom stereocenters. The van der Waals surface area contributed by atoms with Crippen molar-refractivity contribution in [2.24, 2.45) is 0 Å². The van der Waals surface area contributed by atoms with E-state index in [1.165, 1.54) is 0 Å².